The molecule has 0 spiro atoms. The number of hydrogen-bond acceptors (Lipinski definition) is 3. The van der Waals surface area contributed by atoms with E-state index in [1.165, 1.54) is 16.8 Å². The highest BCUT2D eigenvalue weighted by molar-refractivity contribution is 14.0. The smallest absolute Gasteiger partial charge is 0.190 e. The van der Waals surface area contributed by atoms with Gasteiger partial charge in [0, 0.05) is 38.8 Å². The Kier molecular flexibility index (Phi) is 8.40. The minimum Gasteiger partial charge on any atom is -0.493 e. The second-order valence-electron chi connectivity index (χ2n) is 6.72. The maximum atomic E-state index is 5.56. The van der Waals surface area contributed by atoms with E-state index in [0.717, 1.165) is 62.9 Å². The number of guanidine groups is 1. The topological polar surface area (TPSA) is 63.5 Å². The molecule has 0 saturated carbocycles. The van der Waals surface area contributed by atoms with E-state index in [2.05, 4.69) is 56.6 Å². The third kappa shape index (κ3) is 6.12. The number of aryl methyl sites for hydroxylation is 3. The standard InChI is InChI=1S/C20H29N5O.HI/c1-15-13-16(2)25(24-15)11-4-9-22-20(21-3)23-10-7-17-5-6-19-18(14-17)8-12-26-19;/h5-6,13-14H,4,7-12H2,1-3H3,(H2,21,22,23);1H. The van der Waals surface area contributed by atoms with E-state index < -0.39 is 0 Å². The zero-order chi connectivity index (χ0) is 18.4. The fourth-order valence-electron chi connectivity index (χ4n) is 3.28. The van der Waals surface area contributed by atoms with Gasteiger partial charge in [0.1, 0.15) is 5.75 Å². The summed E-state index contributed by atoms with van der Waals surface area (Å²) in [5.74, 6) is 1.89. The van der Waals surface area contributed by atoms with Crippen molar-refractivity contribution in [3.05, 3.63) is 46.8 Å². The van der Waals surface area contributed by atoms with Gasteiger partial charge in [0.25, 0.3) is 0 Å². The summed E-state index contributed by atoms with van der Waals surface area (Å²) in [6.07, 6.45) is 3.00. The van der Waals surface area contributed by atoms with Gasteiger partial charge in [-0.2, -0.15) is 5.10 Å². The van der Waals surface area contributed by atoms with E-state index in [9.17, 15) is 0 Å². The van der Waals surface area contributed by atoms with Crippen molar-refractivity contribution >= 4 is 29.9 Å². The second kappa shape index (κ2) is 10.5. The number of hydrogen-bond donors (Lipinski definition) is 2. The van der Waals surface area contributed by atoms with Gasteiger partial charge in [0.2, 0.25) is 0 Å². The van der Waals surface area contributed by atoms with Crippen molar-refractivity contribution in [2.24, 2.45) is 4.99 Å². The molecule has 1 aromatic carbocycles. The minimum absolute atomic E-state index is 0. The van der Waals surface area contributed by atoms with Crippen LogP contribution in [0, 0.1) is 13.8 Å². The Labute approximate surface area is 178 Å². The molecular weight excluding hydrogens is 453 g/mol. The van der Waals surface area contributed by atoms with Crippen molar-refractivity contribution in [3.8, 4) is 5.75 Å². The van der Waals surface area contributed by atoms with Crippen LogP contribution in [0.1, 0.15) is 28.9 Å². The van der Waals surface area contributed by atoms with Crippen LogP contribution in [-0.2, 0) is 19.4 Å². The molecule has 0 aliphatic carbocycles. The van der Waals surface area contributed by atoms with Crippen molar-refractivity contribution in [1.29, 1.82) is 0 Å². The van der Waals surface area contributed by atoms with Crippen LogP contribution >= 0.6 is 24.0 Å². The van der Waals surface area contributed by atoms with Gasteiger partial charge in [-0.15, -0.1) is 24.0 Å². The van der Waals surface area contributed by atoms with E-state index in [4.69, 9.17) is 4.74 Å². The molecule has 0 unspecified atom stereocenters. The maximum Gasteiger partial charge on any atom is 0.190 e. The summed E-state index contributed by atoms with van der Waals surface area (Å²) < 4.78 is 7.62. The molecule has 0 amide bonds. The summed E-state index contributed by atoms with van der Waals surface area (Å²) in [6.45, 7) is 7.58. The number of nitrogens with one attached hydrogen (secondary N) is 2. The largest absolute Gasteiger partial charge is 0.493 e. The fraction of sp³-hybridized carbons (Fsp3) is 0.500. The van der Waals surface area contributed by atoms with Crippen molar-refractivity contribution in [2.45, 2.75) is 39.7 Å². The van der Waals surface area contributed by atoms with Gasteiger partial charge in [-0.1, -0.05) is 12.1 Å². The molecule has 2 N–H and O–H groups in total. The number of ether oxygens (including phenoxy) is 1. The molecule has 0 bridgehead atoms. The highest BCUT2D eigenvalue weighted by atomic mass is 127. The van der Waals surface area contributed by atoms with Gasteiger partial charge in [0.05, 0.1) is 12.3 Å². The van der Waals surface area contributed by atoms with Crippen LogP contribution in [0.3, 0.4) is 0 Å². The van der Waals surface area contributed by atoms with Crippen molar-refractivity contribution in [1.82, 2.24) is 20.4 Å². The number of rotatable bonds is 7. The Balaban J connectivity index is 0.00000261. The maximum absolute atomic E-state index is 5.56. The zero-order valence-electron chi connectivity index (χ0n) is 16.4. The molecule has 0 radical (unpaired) electrons. The summed E-state index contributed by atoms with van der Waals surface area (Å²) in [5, 5.41) is 11.2. The molecule has 1 aliphatic rings. The molecule has 27 heavy (non-hydrogen) atoms. The normalized spacial score (nSPS) is 12.9. The van der Waals surface area contributed by atoms with Gasteiger partial charge in [-0.25, -0.2) is 0 Å². The SMILES string of the molecule is CN=C(NCCCn1nc(C)cc1C)NCCc1ccc2c(c1)CCO2.I. The predicted octanol–water partition coefficient (Wildman–Crippen LogP) is 2.85. The highest BCUT2D eigenvalue weighted by Gasteiger charge is 2.11. The van der Waals surface area contributed by atoms with E-state index in [1.807, 2.05) is 14.0 Å². The van der Waals surface area contributed by atoms with E-state index >= 15 is 0 Å². The highest BCUT2D eigenvalue weighted by Crippen LogP contribution is 2.25. The lowest BCUT2D eigenvalue weighted by Gasteiger charge is -2.12. The summed E-state index contributed by atoms with van der Waals surface area (Å²) >= 11 is 0. The number of halogens is 1. The first-order chi connectivity index (χ1) is 12.7. The van der Waals surface area contributed by atoms with Crippen LogP contribution in [0.25, 0.3) is 0 Å². The molecule has 7 heteroatoms. The second-order valence-corrected chi connectivity index (χ2v) is 6.72. The van der Waals surface area contributed by atoms with E-state index in [1.54, 1.807) is 0 Å². The van der Waals surface area contributed by atoms with Crippen molar-refractivity contribution < 1.29 is 4.74 Å². The summed E-state index contributed by atoms with van der Waals surface area (Å²) in [7, 11) is 1.81. The lowest BCUT2D eigenvalue weighted by atomic mass is 10.1. The van der Waals surface area contributed by atoms with Gasteiger partial charge in [-0.05, 0) is 49.9 Å². The van der Waals surface area contributed by atoms with Crippen LogP contribution in [0.5, 0.6) is 5.75 Å². The number of benzene rings is 1. The fourth-order valence-corrected chi connectivity index (χ4v) is 3.28. The Bertz CT molecular complexity index is 772. The molecule has 148 valence electrons. The molecule has 0 fully saturated rings. The van der Waals surface area contributed by atoms with Crippen LogP contribution in [-0.4, -0.2) is 42.5 Å². The summed E-state index contributed by atoms with van der Waals surface area (Å²) in [4.78, 5) is 4.30. The van der Waals surface area contributed by atoms with Gasteiger partial charge < -0.3 is 15.4 Å². The average molecular weight is 483 g/mol. The molecule has 2 aromatic rings. The van der Waals surface area contributed by atoms with Gasteiger partial charge in [-0.3, -0.25) is 9.67 Å². The lowest BCUT2D eigenvalue weighted by molar-refractivity contribution is 0.357. The third-order valence-electron chi connectivity index (χ3n) is 4.63. The Hall–Kier alpha value is -1.77. The van der Waals surface area contributed by atoms with Crippen LogP contribution < -0.4 is 15.4 Å². The van der Waals surface area contributed by atoms with E-state index in [0.29, 0.717) is 0 Å². The molecule has 0 atom stereocenters. The first-order valence-corrected chi connectivity index (χ1v) is 9.36. The minimum atomic E-state index is 0. The number of aliphatic imine (C=N–C) groups is 1. The van der Waals surface area contributed by atoms with Crippen molar-refractivity contribution in [3.63, 3.8) is 0 Å². The molecular formula is C20H30IN5O. The predicted molar refractivity (Wildman–Crippen MR) is 120 cm³/mol. The Morgan fingerprint density at radius 1 is 1.22 bits per heavy atom. The average Bonchev–Trinajstić information content (AvgIpc) is 3.22. The van der Waals surface area contributed by atoms with Crippen LogP contribution in [0.4, 0.5) is 0 Å². The Morgan fingerprint density at radius 3 is 2.78 bits per heavy atom. The van der Waals surface area contributed by atoms with E-state index in [-0.39, 0.29) is 24.0 Å². The monoisotopic (exact) mass is 483 g/mol. The third-order valence-corrected chi connectivity index (χ3v) is 4.63. The van der Waals surface area contributed by atoms with Crippen molar-refractivity contribution in [2.75, 3.05) is 26.7 Å². The first kappa shape index (κ1) is 21.5. The molecule has 0 saturated heterocycles. The molecule has 1 aliphatic heterocycles. The van der Waals surface area contributed by atoms with Crippen LogP contribution in [0.2, 0.25) is 0 Å². The zero-order valence-corrected chi connectivity index (χ0v) is 18.7. The van der Waals surface area contributed by atoms with Crippen LogP contribution in [0.15, 0.2) is 29.3 Å². The molecule has 6 nitrogen and oxygen atoms in total. The lowest BCUT2D eigenvalue weighted by Crippen LogP contribution is -2.39. The molecule has 3 rings (SSSR count). The summed E-state index contributed by atoms with van der Waals surface area (Å²) in [6, 6.07) is 8.60. The number of aromatic nitrogens is 2. The Morgan fingerprint density at radius 2 is 2.04 bits per heavy atom. The quantitative estimate of drug-likeness (QED) is 0.275. The molecule has 1 aromatic heterocycles. The van der Waals surface area contributed by atoms with Gasteiger partial charge >= 0.3 is 0 Å². The summed E-state index contributed by atoms with van der Waals surface area (Å²) in [5.41, 5.74) is 4.95. The molecule has 2 heterocycles. The number of fused-ring (bicyclic) bond motifs is 1. The first-order valence-electron chi connectivity index (χ1n) is 9.36. The van der Waals surface area contributed by atoms with Gasteiger partial charge in [0.15, 0.2) is 5.96 Å². The number of nitrogens with zero attached hydrogens (tertiary/aromatic N) is 3.